The molecule has 0 bridgehead atoms. The summed E-state index contributed by atoms with van der Waals surface area (Å²) in [5, 5.41) is 10.7. The molecule has 3 atom stereocenters. The van der Waals surface area contributed by atoms with E-state index >= 15 is 0 Å². The molecule has 17 heavy (non-hydrogen) atoms. The smallest absolute Gasteiger partial charge is 0.307 e. The minimum Gasteiger partial charge on any atom is -0.481 e. The summed E-state index contributed by atoms with van der Waals surface area (Å²) in [6.45, 7) is 0.115. The fraction of sp³-hybridized carbons (Fsp3) is 0.800. The molecule has 0 radical (unpaired) electrons. The molecule has 7 heteroatoms. The summed E-state index contributed by atoms with van der Waals surface area (Å²) < 4.78 is 23.0. The van der Waals surface area contributed by atoms with Gasteiger partial charge >= 0.3 is 5.97 Å². The Morgan fingerprint density at radius 3 is 2.47 bits per heavy atom. The molecule has 3 unspecified atom stereocenters. The monoisotopic (exact) mass is 261 g/mol. The standard InChI is InChI=1S/C10H15NO5S/c12-9(7-4-8(7)10(13)14)11-5-6-2-1-3-17(6,15)16/h6-8H,1-5H2,(H,11,12)(H,13,14). The van der Waals surface area contributed by atoms with Crippen LogP contribution in [0.3, 0.4) is 0 Å². The van der Waals surface area contributed by atoms with Gasteiger partial charge in [0.15, 0.2) is 9.84 Å². The molecule has 0 aromatic heterocycles. The van der Waals surface area contributed by atoms with Crippen LogP contribution >= 0.6 is 0 Å². The molecule has 1 aliphatic carbocycles. The minimum atomic E-state index is -3.05. The number of sulfone groups is 1. The van der Waals surface area contributed by atoms with Crippen LogP contribution in [0.2, 0.25) is 0 Å². The average molecular weight is 261 g/mol. The van der Waals surface area contributed by atoms with Crippen LogP contribution in [-0.4, -0.2) is 42.9 Å². The lowest BCUT2D eigenvalue weighted by Gasteiger charge is -2.10. The Kier molecular flexibility index (Phi) is 3.11. The van der Waals surface area contributed by atoms with Gasteiger partial charge in [0.25, 0.3) is 0 Å². The van der Waals surface area contributed by atoms with Gasteiger partial charge in [-0.3, -0.25) is 9.59 Å². The van der Waals surface area contributed by atoms with E-state index in [0.717, 1.165) is 0 Å². The van der Waals surface area contributed by atoms with Crippen LogP contribution in [-0.2, 0) is 19.4 Å². The second-order valence-electron chi connectivity index (χ2n) is 4.66. The van der Waals surface area contributed by atoms with Crippen LogP contribution in [0.5, 0.6) is 0 Å². The molecule has 2 N–H and O–H groups in total. The van der Waals surface area contributed by atoms with Gasteiger partial charge in [0.1, 0.15) is 0 Å². The Morgan fingerprint density at radius 2 is 2.00 bits per heavy atom. The van der Waals surface area contributed by atoms with E-state index in [-0.39, 0.29) is 18.2 Å². The number of hydrogen-bond acceptors (Lipinski definition) is 4. The molecule has 1 amide bonds. The van der Waals surface area contributed by atoms with E-state index < -0.39 is 32.9 Å². The zero-order chi connectivity index (χ0) is 12.6. The summed E-state index contributed by atoms with van der Waals surface area (Å²) >= 11 is 0. The average Bonchev–Trinajstić information content (AvgIpc) is 2.96. The van der Waals surface area contributed by atoms with Crippen molar-refractivity contribution in [1.29, 1.82) is 0 Å². The Morgan fingerprint density at radius 1 is 1.29 bits per heavy atom. The molecule has 1 saturated heterocycles. The summed E-state index contributed by atoms with van der Waals surface area (Å²) in [5.74, 6) is -2.17. The van der Waals surface area contributed by atoms with Crippen LogP contribution in [0.15, 0.2) is 0 Å². The van der Waals surface area contributed by atoms with Gasteiger partial charge in [-0.1, -0.05) is 0 Å². The number of rotatable bonds is 4. The van der Waals surface area contributed by atoms with Gasteiger partial charge < -0.3 is 10.4 Å². The normalized spacial score (nSPS) is 34.2. The third kappa shape index (κ3) is 2.59. The largest absolute Gasteiger partial charge is 0.481 e. The second-order valence-corrected chi connectivity index (χ2v) is 7.06. The van der Waals surface area contributed by atoms with Crippen molar-refractivity contribution < 1.29 is 23.1 Å². The highest BCUT2D eigenvalue weighted by Gasteiger charge is 2.48. The molecule has 96 valence electrons. The van der Waals surface area contributed by atoms with Crippen LogP contribution in [0.1, 0.15) is 19.3 Å². The third-order valence-corrected chi connectivity index (χ3v) is 5.69. The van der Waals surface area contributed by atoms with Gasteiger partial charge in [-0.15, -0.1) is 0 Å². The number of nitrogens with one attached hydrogen (secondary N) is 1. The number of hydrogen-bond donors (Lipinski definition) is 2. The fourth-order valence-electron chi connectivity index (χ4n) is 2.19. The van der Waals surface area contributed by atoms with E-state index in [1.54, 1.807) is 0 Å². The van der Waals surface area contributed by atoms with Crippen molar-refractivity contribution in [2.75, 3.05) is 12.3 Å². The molecule has 2 rings (SSSR count). The number of carboxylic acid groups (broad SMARTS) is 1. The lowest BCUT2D eigenvalue weighted by molar-refractivity contribution is -0.140. The Hall–Kier alpha value is -1.11. The number of carbonyl (C=O) groups is 2. The van der Waals surface area contributed by atoms with Crippen molar-refractivity contribution in [1.82, 2.24) is 5.32 Å². The summed E-state index contributed by atoms with van der Waals surface area (Å²) in [7, 11) is -3.05. The highest BCUT2D eigenvalue weighted by Crippen LogP contribution is 2.38. The molecule has 0 spiro atoms. The predicted octanol–water partition coefficient (Wildman–Crippen LogP) is -0.599. The van der Waals surface area contributed by atoms with Gasteiger partial charge in [-0.05, 0) is 19.3 Å². The Bertz CT molecular complexity index is 444. The minimum absolute atomic E-state index is 0.115. The summed E-state index contributed by atoms with van der Waals surface area (Å²) in [6, 6.07) is 0. The van der Waals surface area contributed by atoms with E-state index in [4.69, 9.17) is 5.11 Å². The number of carbonyl (C=O) groups excluding carboxylic acids is 1. The summed E-state index contributed by atoms with van der Waals surface area (Å²) in [5.41, 5.74) is 0. The molecule has 1 saturated carbocycles. The maximum absolute atomic E-state index is 11.5. The zero-order valence-corrected chi connectivity index (χ0v) is 10.1. The quantitative estimate of drug-likeness (QED) is 0.704. The van der Waals surface area contributed by atoms with E-state index in [9.17, 15) is 18.0 Å². The molecule has 2 aliphatic rings. The van der Waals surface area contributed by atoms with Crippen LogP contribution in [0.25, 0.3) is 0 Å². The molecular weight excluding hydrogens is 246 g/mol. The van der Waals surface area contributed by atoms with Gasteiger partial charge in [-0.2, -0.15) is 0 Å². The molecule has 1 aliphatic heterocycles. The van der Waals surface area contributed by atoms with Crippen molar-refractivity contribution >= 4 is 21.7 Å². The maximum Gasteiger partial charge on any atom is 0.307 e. The van der Waals surface area contributed by atoms with Crippen molar-refractivity contribution in [2.45, 2.75) is 24.5 Å². The SMILES string of the molecule is O=C(O)C1CC1C(=O)NCC1CCCS1(=O)=O. The topological polar surface area (TPSA) is 101 Å². The molecule has 0 aromatic carbocycles. The summed E-state index contributed by atoms with van der Waals surface area (Å²) in [4.78, 5) is 22.1. The van der Waals surface area contributed by atoms with Gasteiger partial charge in [0, 0.05) is 6.54 Å². The van der Waals surface area contributed by atoms with Gasteiger partial charge in [0.2, 0.25) is 5.91 Å². The third-order valence-electron chi connectivity index (χ3n) is 3.41. The molecule has 0 aromatic rings. The first-order valence-corrected chi connectivity index (χ1v) is 7.35. The van der Waals surface area contributed by atoms with Crippen LogP contribution in [0.4, 0.5) is 0 Å². The molecule has 2 fully saturated rings. The Labute approximate surface area is 99.3 Å². The maximum atomic E-state index is 11.5. The predicted molar refractivity (Wildman–Crippen MR) is 59.1 cm³/mol. The molecular formula is C10H15NO5S. The lowest BCUT2D eigenvalue weighted by atomic mass is 10.2. The Balaban J connectivity index is 1.80. The zero-order valence-electron chi connectivity index (χ0n) is 9.26. The van der Waals surface area contributed by atoms with Crippen molar-refractivity contribution in [3.05, 3.63) is 0 Å². The first kappa shape index (κ1) is 12.3. The number of amides is 1. The van der Waals surface area contributed by atoms with E-state index in [2.05, 4.69) is 5.32 Å². The molecule has 6 nitrogen and oxygen atoms in total. The van der Waals surface area contributed by atoms with Crippen LogP contribution < -0.4 is 5.32 Å². The highest BCUT2D eigenvalue weighted by atomic mass is 32.2. The van der Waals surface area contributed by atoms with E-state index in [0.29, 0.717) is 19.3 Å². The summed E-state index contributed by atoms with van der Waals surface area (Å²) in [6.07, 6.45) is 1.58. The van der Waals surface area contributed by atoms with Crippen LogP contribution in [0, 0.1) is 11.8 Å². The van der Waals surface area contributed by atoms with Crippen molar-refractivity contribution in [3.8, 4) is 0 Å². The van der Waals surface area contributed by atoms with Crippen molar-refractivity contribution in [3.63, 3.8) is 0 Å². The lowest BCUT2D eigenvalue weighted by Crippen LogP contribution is -2.35. The fourth-order valence-corrected chi connectivity index (χ4v) is 3.96. The van der Waals surface area contributed by atoms with Gasteiger partial charge in [-0.25, -0.2) is 8.42 Å². The van der Waals surface area contributed by atoms with E-state index in [1.165, 1.54) is 0 Å². The number of carboxylic acids is 1. The molecule has 1 heterocycles. The van der Waals surface area contributed by atoms with E-state index in [1.807, 2.05) is 0 Å². The highest BCUT2D eigenvalue weighted by molar-refractivity contribution is 7.92. The first-order valence-electron chi connectivity index (χ1n) is 5.64. The van der Waals surface area contributed by atoms with Gasteiger partial charge in [0.05, 0.1) is 22.8 Å². The second kappa shape index (κ2) is 4.29. The van der Waals surface area contributed by atoms with Crippen molar-refractivity contribution in [2.24, 2.45) is 11.8 Å². The first-order chi connectivity index (χ1) is 7.92. The number of aliphatic carboxylic acids is 1.